The molecule has 1 amide bonds. The lowest BCUT2D eigenvalue weighted by atomic mass is 9.79. The van der Waals surface area contributed by atoms with E-state index < -0.39 is 22.6 Å². The molecule has 7 nitrogen and oxygen atoms in total. The van der Waals surface area contributed by atoms with E-state index in [0.717, 1.165) is 17.1 Å². The van der Waals surface area contributed by atoms with E-state index in [1.54, 1.807) is 13.0 Å². The molecule has 0 radical (unpaired) electrons. The van der Waals surface area contributed by atoms with E-state index >= 15 is 0 Å². The highest BCUT2D eigenvalue weighted by Gasteiger charge is 2.33. The highest BCUT2D eigenvalue weighted by atomic mass is 19.1. The molecule has 1 aromatic heterocycles. The van der Waals surface area contributed by atoms with E-state index in [4.69, 9.17) is 4.42 Å². The standard InChI is InChI=1S/C25H28FN3O4/c1-11-9-17(33-13(11)3)15(25(4,5)6)10-27-20-21(23(31)22(20)30)29-19-16(26)8-7-14-12(2)28-24(32)18(14)19/h7-9,12,15,27,29H,10H2,1-6H3,(H,28,32). The third-order valence-electron chi connectivity index (χ3n) is 6.45. The van der Waals surface area contributed by atoms with Crippen LogP contribution in [0.5, 0.6) is 0 Å². The minimum Gasteiger partial charge on any atom is -0.466 e. The Balaban J connectivity index is 1.64. The van der Waals surface area contributed by atoms with Gasteiger partial charge in [-0.2, -0.15) is 0 Å². The van der Waals surface area contributed by atoms with E-state index in [-0.39, 0.29) is 40.0 Å². The molecule has 2 aromatic carbocycles. The van der Waals surface area contributed by atoms with Crippen molar-refractivity contribution in [3.63, 3.8) is 0 Å². The van der Waals surface area contributed by atoms with Gasteiger partial charge in [0, 0.05) is 12.5 Å². The molecule has 0 bridgehead atoms. The smallest absolute Gasteiger partial charge is 0.254 e. The Morgan fingerprint density at radius 3 is 2.36 bits per heavy atom. The van der Waals surface area contributed by atoms with Crippen molar-refractivity contribution >= 4 is 23.0 Å². The zero-order chi connectivity index (χ0) is 24.2. The summed E-state index contributed by atoms with van der Waals surface area (Å²) < 4.78 is 20.6. The molecule has 174 valence electrons. The number of hydrogen-bond donors (Lipinski definition) is 3. The second-order valence-corrected chi connectivity index (χ2v) is 9.80. The molecule has 2 heterocycles. The lowest BCUT2D eigenvalue weighted by Gasteiger charge is -2.30. The van der Waals surface area contributed by atoms with Crippen LogP contribution < -0.4 is 26.8 Å². The minimum atomic E-state index is -0.752. The maximum atomic E-state index is 14.7. The van der Waals surface area contributed by atoms with Gasteiger partial charge >= 0.3 is 0 Å². The summed E-state index contributed by atoms with van der Waals surface area (Å²) in [4.78, 5) is 37.1. The van der Waals surface area contributed by atoms with Gasteiger partial charge < -0.3 is 20.4 Å². The molecule has 1 aliphatic rings. The Kier molecular flexibility index (Phi) is 5.42. The number of carbonyl (C=O) groups excluding carboxylic acids is 1. The van der Waals surface area contributed by atoms with Crippen molar-refractivity contribution in [1.29, 1.82) is 0 Å². The van der Waals surface area contributed by atoms with Crippen LogP contribution in [0.1, 0.15) is 72.7 Å². The number of benzene rings is 1. The number of rotatable bonds is 6. The molecule has 0 fully saturated rings. The van der Waals surface area contributed by atoms with E-state index in [1.165, 1.54) is 6.07 Å². The van der Waals surface area contributed by atoms with Gasteiger partial charge in [0.1, 0.15) is 28.7 Å². The van der Waals surface area contributed by atoms with Crippen LogP contribution in [0.4, 0.5) is 21.5 Å². The lowest BCUT2D eigenvalue weighted by Crippen LogP contribution is -2.38. The molecule has 0 spiro atoms. The summed E-state index contributed by atoms with van der Waals surface area (Å²) in [5.41, 5.74) is 0.127. The quantitative estimate of drug-likeness (QED) is 0.478. The van der Waals surface area contributed by atoms with E-state index in [9.17, 15) is 18.8 Å². The summed E-state index contributed by atoms with van der Waals surface area (Å²) in [5, 5.41) is 8.54. The van der Waals surface area contributed by atoms with Crippen LogP contribution in [-0.4, -0.2) is 12.5 Å². The van der Waals surface area contributed by atoms with Gasteiger partial charge in [0.05, 0.1) is 17.3 Å². The Labute approximate surface area is 191 Å². The summed E-state index contributed by atoms with van der Waals surface area (Å²) >= 11 is 0. The van der Waals surface area contributed by atoms with Crippen molar-refractivity contribution in [3.8, 4) is 0 Å². The van der Waals surface area contributed by atoms with Crippen molar-refractivity contribution in [3.05, 3.63) is 72.7 Å². The van der Waals surface area contributed by atoms with Gasteiger partial charge in [0.15, 0.2) is 0 Å². The summed E-state index contributed by atoms with van der Waals surface area (Å²) in [6.45, 7) is 12.2. The van der Waals surface area contributed by atoms with Crippen molar-refractivity contribution in [1.82, 2.24) is 5.32 Å². The van der Waals surface area contributed by atoms with E-state index in [2.05, 4.69) is 36.7 Å². The lowest BCUT2D eigenvalue weighted by molar-refractivity contribution is 0.0959. The fourth-order valence-electron chi connectivity index (χ4n) is 4.28. The highest BCUT2D eigenvalue weighted by Crippen LogP contribution is 2.38. The van der Waals surface area contributed by atoms with Gasteiger partial charge in [0.2, 0.25) is 0 Å². The summed E-state index contributed by atoms with van der Waals surface area (Å²) in [5.74, 6) is 0.425. The van der Waals surface area contributed by atoms with Gasteiger partial charge in [-0.15, -0.1) is 0 Å². The number of nitrogens with one attached hydrogen (secondary N) is 3. The number of anilines is 3. The zero-order valence-corrected chi connectivity index (χ0v) is 19.6. The molecule has 33 heavy (non-hydrogen) atoms. The predicted octanol–water partition coefficient (Wildman–Crippen LogP) is 4.42. The van der Waals surface area contributed by atoms with Crippen LogP contribution in [0.2, 0.25) is 0 Å². The Morgan fingerprint density at radius 1 is 1.09 bits per heavy atom. The number of fused-ring (bicyclic) bond motifs is 1. The van der Waals surface area contributed by atoms with E-state index in [0.29, 0.717) is 12.1 Å². The Morgan fingerprint density at radius 2 is 1.76 bits per heavy atom. The summed E-state index contributed by atoms with van der Waals surface area (Å²) in [6.07, 6.45) is 0. The maximum Gasteiger partial charge on any atom is 0.254 e. The minimum absolute atomic E-state index is 0.0425. The van der Waals surface area contributed by atoms with Crippen molar-refractivity contribution in [2.45, 2.75) is 53.5 Å². The van der Waals surface area contributed by atoms with Gasteiger partial charge in [0.25, 0.3) is 16.8 Å². The summed E-state index contributed by atoms with van der Waals surface area (Å²) in [7, 11) is 0. The van der Waals surface area contributed by atoms with Crippen molar-refractivity contribution < 1.29 is 13.6 Å². The van der Waals surface area contributed by atoms with Gasteiger partial charge in [-0.25, -0.2) is 4.39 Å². The molecule has 0 aliphatic carbocycles. The topological polar surface area (TPSA) is 100 Å². The molecule has 1 aliphatic heterocycles. The average Bonchev–Trinajstić information content (AvgIpc) is 3.21. The highest BCUT2D eigenvalue weighted by molar-refractivity contribution is 6.05. The van der Waals surface area contributed by atoms with E-state index in [1.807, 2.05) is 19.9 Å². The Bertz CT molecular complexity index is 1310. The van der Waals surface area contributed by atoms with Crippen LogP contribution >= 0.6 is 0 Å². The molecule has 0 saturated heterocycles. The number of aryl methyl sites for hydroxylation is 2. The van der Waals surface area contributed by atoms with Crippen LogP contribution in [0, 0.1) is 25.1 Å². The second kappa shape index (κ2) is 7.86. The Hall–Kier alpha value is -3.42. The van der Waals surface area contributed by atoms with Crippen LogP contribution in [0.25, 0.3) is 0 Å². The number of halogens is 1. The van der Waals surface area contributed by atoms with Crippen LogP contribution in [0.3, 0.4) is 0 Å². The van der Waals surface area contributed by atoms with Crippen LogP contribution in [-0.2, 0) is 0 Å². The molecular weight excluding hydrogens is 425 g/mol. The number of carbonyl (C=O) groups is 1. The van der Waals surface area contributed by atoms with Crippen molar-refractivity contribution in [2.24, 2.45) is 5.41 Å². The number of hydrogen-bond acceptors (Lipinski definition) is 6. The largest absolute Gasteiger partial charge is 0.466 e. The predicted molar refractivity (Wildman–Crippen MR) is 126 cm³/mol. The normalized spacial score (nSPS) is 16.6. The van der Waals surface area contributed by atoms with Crippen molar-refractivity contribution in [2.75, 3.05) is 17.2 Å². The first kappa shape index (κ1) is 22.8. The van der Waals surface area contributed by atoms with Gasteiger partial charge in [-0.05, 0) is 49.4 Å². The molecule has 3 aromatic rings. The molecule has 0 saturated carbocycles. The van der Waals surface area contributed by atoms with Gasteiger partial charge in [-0.3, -0.25) is 14.4 Å². The molecule has 4 rings (SSSR count). The molecule has 2 atom stereocenters. The molecule has 3 N–H and O–H groups in total. The molecular formula is C25H28FN3O4. The summed E-state index contributed by atoms with van der Waals surface area (Å²) in [6, 6.07) is 4.50. The number of furan rings is 1. The second-order valence-electron chi connectivity index (χ2n) is 9.80. The monoisotopic (exact) mass is 453 g/mol. The first-order valence-electron chi connectivity index (χ1n) is 10.9. The third kappa shape index (κ3) is 3.83. The number of amides is 1. The van der Waals surface area contributed by atoms with Crippen LogP contribution in [0.15, 0.2) is 32.2 Å². The molecule has 2 unspecified atom stereocenters. The fraction of sp³-hybridized carbons (Fsp3) is 0.400. The molecule has 8 heteroatoms. The first-order chi connectivity index (χ1) is 15.4. The average molecular weight is 454 g/mol. The maximum absolute atomic E-state index is 14.7. The van der Waals surface area contributed by atoms with Gasteiger partial charge in [-0.1, -0.05) is 26.8 Å². The fourth-order valence-corrected chi connectivity index (χ4v) is 4.28. The third-order valence-corrected chi connectivity index (χ3v) is 6.45. The zero-order valence-electron chi connectivity index (χ0n) is 19.6. The first-order valence-corrected chi connectivity index (χ1v) is 10.9. The SMILES string of the molecule is Cc1cc(C(CNc2c(Nc3c(F)ccc4c3C(=O)NC4C)c(=O)c2=O)C(C)(C)C)oc1C.